The van der Waals surface area contributed by atoms with Crippen LogP contribution in [0.1, 0.15) is 6.92 Å². The lowest BCUT2D eigenvalue weighted by Gasteiger charge is -2.09. The highest BCUT2D eigenvalue weighted by molar-refractivity contribution is 8.14. The third kappa shape index (κ3) is 1.60. The van der Waals surface area contributed by atoms with Gasteiger partial charge in [-0.1, -0.05) is 11.8 Å². The summed E-state index contributed by atoms with van der Waals surface area (Å²) in [6, 6.07) is 0. The molecule has 0 aliphatic carbocycles. The van der Waals surface area contributed by atoms with Gasteiger partial charge < -0.3 is 5.84 Å². The smallest absolute Gasteiger partial charge is 0.200 e. The second-order valence-corrected chi connectivity index (χ2v) is 2.65. The van der Waals surface area contributed by atoms with Gasteiger partial charge in [0.25, 0.3) is 0 Å². The molecular formula is C4H8N4S. The summed E-state index contributed by atoms with van der Waals surface area (Å²) in [5.74, 6) is 5.86. The number of thioether (sulfide) groups is 1. The van der Waals surface area contributed by atoms with E-state index < -0.39 is 0 Å². The fourth-order valence-electron chi connectivity index (χ4n) is 0.447. The number of rotatable bonds is 0. The number of nitrogens with zero attached hydrogens (tertiary/aromatic N) is 2. The number of nitrogens with two attached hydrogens (primary N) is 1. The fraction of sp³-hybridized carbons (Fsp3) is 0.500. The zero-order valence-corrected chi connectivity index (χ0v) is 5.90. The third-order valence-corrected chi connectivity index (χ3v) is 1.91. The van der Waals surface area contributed by atoms with Gasteiger partial charge in [-0.25, -0.2) is 0 Å². The largest absolute Gasteiger partial charge is 0.321 e. The SMILES string of the molecule is CC1=NN/C(=N\N)SC1. The first kappa shape index (κ1) is 6.41. The van der Waals surface area contributed by atoms with Gasteiger partial charge in [-0.05, 0) is 6.92 Å². The quantitative estimate of drug-likeness (QED) is 0.369. The van der Waals surface area contributed by atoms with Crippen LogP contribution in [-0.2, 0) is 0 Å². The molecule has 0 atom stereocenters. The Morgan fingerprint density at radius 2 is 2.67 bits per heavy atom. The van der Waals surface area contributed by atoms with E-state index in [0.29, 0.717) is 5.17 Å². The molecule has 0 fully saturated rings. The van der Waals surface area contributed by atoms with Gasteiger partial charge in [-0.2, -0.15) is 10.2 Å². The van der Waals surface area contributed by atoms with E-state index in [0.717, 1.165) is 11.5 Å². The highest BCUT2D eigenvalue weighted by Crippen LogP contribution is 2.05. The zero-order chi connectivity index (χ0) is 6.69. The van der Waals surface area contributed by atoms with Crippen LogP contribution >= 0.6 is 11.8 Å². The van der Waals surface area contributed by atoms with Crippen molar-refractivity contribution in [2.45, 2.75) is 6.92 Å². The third-order valence-electron chi connectivity index (χ3n) is 0.877. The fourth-order valence-corrected chi connectivity index (χ4v) is 1.04. The van der Waals surface area contributed by atoms with Crippen molar-refractivity contribution >= 4 is 22.6 Å². The minimum atomic E-state index is 0.681. The van der Waals surface area contributed by atoms with Crippen molar-refractivity contribution in [1.29, 1.82) is 0 Å². The summed E-state index contributed by atoms with van der Waals surface area (Å²) in [4.78, 5) is 0. The summed E-state index contributed by atoms with van der Waals surface area (Å²) < 4.78 is 0. The summed E-state index contributed by atoms with van der Waals surface area (Å²) in [6.45, 7) is 1.95. The van der Waals surface area contributed by atoms with E-state index in [4.69, 9.17) is 5.84 Å². The van der Waals surface area contributed by atoms with Crippen LogP contribution in [0.3, 0.4) is 0 Å². The molecule has 1 rings (SSSR count). The first-order chi connectivity index (χ1) is 4.33. The maximum absolute atomic E-state index is 4.98. The van der Waals surface area contributed by atoms with Gasteiger partial charge in [0.05, 0.1) is 0 Å². The van der Waals surface area contributed by atoms with Crippen LogP contribution in [0.4, 0.5) is 0 Å². The zero-order valence-electron chi connectivity index (χ0n) is 5.09. The number of hydrogen-bond donors (Lipinski definition) is 2. The molecule has 50 valence electrons. The van der Waals surface area contributed by atoms with Crippen molar-refractivity contribution < 1.29 is 0 Å². The Balaban J connectivity index is 2.56. The molecule has 9 heavy (non-hydrogen) atoms. The topological polar surface area (TPSA) is 62.8 Å². The highest BCUT2D eigenvalue weighted by atomic mass is 32.2. The molecule has 0 bridgehead atoms. The standard InChI is InChI=1S/C4H8N4S/c1-3-2-9-4(6-5)8-7-3/h2,5H2,1H3,(H,6,8). The van der Waals surface area contributed by atoms with Crippen molar-refractivity contribution in [3.8, 4) is 0 Å². The summed E-state index contributed by atoms with van der Waals surface area (Å²) in [5, 5.41) is 8.04. The molecule has 5 heteroatoms. The summed E-state index contributed by atoms with van der Waals surface area (Å²) in [7, 11) is 0. The first-order valence-electron chi connectivity index (χ1n) is 2.53. The maximum Gasteiger partial charge on any atom is 0.200 e. The van der Waals surface area contributed by atoms with Gasteiger partial charge in [0.2, 0.25) is 5.17 Å². The van der Waals surface area contributed by atoms with Crippen molar-refractivity contribution in [2.75, 3.05) is 5.75 Å². The lowest BCUT2D eigenvalue weighted by atomic mass is 10.5. The Labute approximate surface area is 57.6 Å². The van der Waals surface area contributed by atoms with Gasteiger partial charge in [-0.15, -0.1) is 0 Å². The molecule has 0 aromatic heterocycles. The van der Waals surface area contributed by atoms with E-state index >= 15 is 0 Å². The van der Waals surface area contributed by atoms with Crippen LogP contribution in [0.25, 0.3) is 0 Å². The van der Waals surface area contributed by atoms with Crippen molar-refractivity contribution in [3.05, 3.63) is 0 Å². The predicted octanol–water partition coefficient (Wildman–Crippen LogP) is -0.0716. The molecule has 0 saturated carbocycles. The lowest BCUT2D eigenvalue weighted by Crippen LogP contribution is -2.24. The minimum absolute atomic E-state index is 0.681. The molecule has 0 aromatic carbocycles. The average Bonchev–Trinajstić information content (AvgIpc) is 1.90. The molecular weight excluding hydrogens is 136 g/mol. The van der Waals surface area contributed by atoms with Gasteiger partial charge >= 0.3 is 0 Å². The van der Waals surface area contributed by atoms with Gasteiger partial charge in [-0.3, -0.25) is 5.43 Å². The van der Waals surface area contributed by atoms with Crippen molar-refractivity contribution in [3.63, 3.8) is 0 Å². The normalized spacial score (nSPS) is 23.2. The van der Waals surface area contributed by atoms with Gasteiger partial charge in [0.1, 0.15) is 0 Å². The Kier molecular flexibility index (Phi) is 1.94. The van der Waals surface area contributed by atoms with Gasteiger partial charge in [0, 0.05) is 11.5 Å². The average molecular weight is 144 g/mol. The molecule has 0 spiro atoms. The Bertz CT molecular complexity index is 162. The predicted molar refractivity (Wildman–Crippen MR) is 40.3 cm³/mol. The van der Waals surface area contributed by atoms with E-state index in [-0.39, 0.29) is 0 Å². The van der Waals surface area contributed by atoms with Crippen LogP contribution in [-0.4, -0.2) is 16.6 Å². The maximum atomic E-state index is 4.98. The second kappa shape index (κ2) is 2.72. The Morgan fingerprint density at radius 1 is 1.89 bits per heavy atom. The number of hydrogen-bond acceptors (Lipinski definition) is 4. The Morgan fingerprint density at radius 3 is 3.11 bits per heavy atom. The molecule has 0 aromatic rings. The molecule has 4 nitrogen and oxygen atoms in total. The molecule has 1 aliphatic rings. The minimum Gasteiger partial charge on any atom is -0.321 e. The van der Waals surface area contributed by atoms with Gasteiger partial charge in [0.15, 0.2) is 0 Å². The molecule has 3 N–H and O–H groups in total. The van der Waals surface area contributed by atoms with Crippen LogP contribution in [0.2, 0.25) is 0 Å². The second-order valence-electron chi connectivity index (χ2n) is 1.68. The van der Waals surface area contributed by atoms with Crippen molar-refractivity contribution in [2.24, 2.45) is 16.0 Å². The highest BCUT2D eigenvalue weighted by Gasteiger charge is 2.05. The molecule has 0 radical (unpaired) electrons. The lowest BCUT2D eigenvalue weighted by molar-refractivity contribution is 1.01. The summed E-state index contributed by atoms with van der Waals surface area (Å²) >= 11 is 1.55. The molecule has 0 saturated heterocycles. The van der Waals surface area contributed by atoms with E-state index in [1.807, 2.05) is 6.92 Å². The number of nitrogens with one attached hydrogen (secondary N) is 1. The van der Waals surface area contributed by atoms with E-state index in [9.17, 15) is 0 Å². The van der Waals surface area contributed by atoms with Crippen LogP contribution < -0.4 is 11.3 Å². The van der Waals surface area contributed by atoms with E-state index in [2.05, 4.69) is 15.6 Å². The van der Waals surface area contributed by atoms with Crippen LogP contribution in [0.15, 0.2) is 10.2 Å². The molecule has 0 amide bonds. The number of amidine groups is 1. The number of hydrazone groups is 2. The first-order valence-corrected chi connectivity index (χ1v) is 3.51. The molecule has 1 heterocycles. The summed E-state index contributed by atoms with van der Waals surface area (Å²) in [5.41, 5.74) is 3.76. The van der Waals surface area contributed by atoms with Crippen LogP contribution in [0, 0.1) is 0 Å². The molecule has 0 unspecified atom stereocenters. The molecule has 1 aliphatic heterocycles. The van der Waals surface area contributed by atoms with Crippen molar-refractivity contribution in [1.82, 2.24) is 5.43 Å². The van der Waals surface area contributed by atoms with E-state index in [1.165, 1.54) is 0 Å². The summed E-state index contributed by atoms with van der Waals surface area (Å²) in [6.07, 6.45) is 0. The van der Waals surface area contributed by atoms with Crippen LogP contribution in [0.5, 0.6) is 0 Å². The Hall–Kier alpha value is -0.710. The van der Waals surface area contributed by atoms with E-state index in [1.54, 1.807) is 11.8 Å². The monoisotopic (exact) mass is 144 g/mol.